The topological polar surface area (TPSA) is 24.1 Å². The maximum Gasteiger partial charge on any atom is 0.0833 e. The molecule has 0 saturated heterocycles. The van der Waals surface area contributed by atoms with E-state index in [-0.39, 0.29) is 6.17 Å². The average Bonchev–Trinajstić information content (AvgIpc) is 2.13. The summed E-state index contributed by atoms with van der Waals surface area (Å²) in [5, 5.41) is 6.41. The summed E-state index contributed by atoms with van der Waals surface area (Å²) in [6.07, 6.45) is 0.220. The molecule has 0 bridgehead atoms. The first kappa shape index (κ1) is 10.7. The van der Waals surface area contributed by atoms with Gasteiger partial charge in [-0.05, 0) is 44.3 Å². The van der Waals surface area contributed by atoms with Gasteiger partial charge in [0.1, 0.15) is 0 Å². The predicted octanol–water partition coefficient (Wildman–Crippen LogP) is 2.19. The van der Waals surface area contributed by atoms with Crippen molar-refractivity contribution in [2.45, 2.75) is 13.1 Å². The summed E-state index contributed by atoms with van der Waals surface area (Å²) < 4.78 is 1.11. The van der Waals surface area contributed by atoms with Crippen LogP contribution in [0.15, 0.2) is 22.7 Å². The summed E-state index contributed by atoms with van der Waals surface area (Å²) in [6.45, 7) is 2.11. The van der Waals surface area contributed by atoms with Crippen LogP contribution in [0.4, 0.5) is 0 Å². The van der Waals surface area contributed by atoms with E-state index in [9.17, 15) is 0 Å². The van der Waals surface area contributed by atoms with Crippen molar-refractivity contribution in [2.75, 3.05) is 14.1 Å². The molecule has 0 saturated carbocycles. The van der Waals surface area contributed by atoms with Crippen LogP contribution >= 0.6 is 15.9 Å². The molecule has 0 unspecified atom stereocenters. The van der Waals surface area contributed by atoms with Crippen LogP contribution < -0.4 is 10.6 Å². The van der Waals surface area contributed by atoms with E-state index in [0.29, 0.717) is 0 Å². The maximum atomic E-state index is 3.47. The number of aryl methyl sites for hydroxylation is 1. The first-order valence-corrected chi connectivity index (χ1v) is 5.09. The van der Waals surface area contributed by atoms with Crippen LogP contribution in [0.25, 0.3) is 0 Å². The lowest BCUT2D eigenvalue weighted by molar-refractivity contribution is 0.517. The van der Waals surface area contributed by atoms with Gasteiger partial charge in [0.05, 0.1) is 6.17 Å². The highest BCUT2D eigenvalue weighted by atomic mass is 79.9. The molecule has 0 radical (unpaired) electrons. The van der Waals surface area contributed by atoms with Gasteiger partial charge in [-0.15, -0.1) is 0 Å². The van der Waals surface area contributed by atoms with Gasteiger partial charge in [-0.3, -0.25) is 0 Å². The minimum absolute atomic E-state index is 0.220. The molecule has 0 aliphatic carbocycles. The summed E-state index contributed by atoms with van der Waals surface area (Å²) >= 11 is 3.47. The van der Waals surface area contributed by atoms with Crippen LogP contribution in [0.5, 0.6) is 0 Å². The Kier molecular flexibility index (Phi) is 3.90. The number of rotatable bonds is 3. The van der Waals surface area contributed by atoms with Crippen molar-refractivity contribution in [3.63, 3.8) is 0 Å². The fourth-order valence-electron chi connectivity index (χ4n) is 1.38. The Morgan fingerprint density at radius 3 is 2.38 bits per heavy atom. The molecule has 3 heteroatoms. The first-order valence-electron chi connectivity index (χ1n) is 4.29. The quantitative estimate of drug-likeness (QED) is 0.795. The second-order valence-corrected chi connectivity index (χ2v) is 3.93. The van der Waals surface area contributed by atoms with Gasteiger partial charge in [0, 0.05) is 4.47 Å². The molecule has 0 aliphatic heterocycles. The third-order valence-corrected chi connectivity index (χ3v) is 2.62. The van der Waals surface area contributed by atoms with Crippen molar-refractivity contribution in [3.05, 3.63) is 33.8 Å². The Hall–Kier alpha value is -0.380. The fraction of sp³-hybridized carbons (Fsp3) is 0.400. The van der Waals surface area contributed by atoms with E-state index in [0.717, 1.165) is 4.47 Å². The Labute approximate surface area is 87.9 Å². The average molecular weight is 243 g/mol. The Balaban J connectivity index is 3.03. The standard InChI is InChI=1S/C10H15BrN2/c1-7-4-5-8(11)6-9(7)10(12-2)13-3/h4-6,10,12-13H,1-3H3. The largest absolute Gasteiger partial charge is 0.301 e. The lowest BCUT2D eigenvalue weighted by Gasteiger charge is -2.18. The smallest absolute Gasteiger partial charge is 0.0833 e. The molecule has 0 fully saturated rings. The van der Waals surface area contributed by atoms with Crippen molar-refractivity contribution in [1.82, 2.24) is 10.6 Å². The van der Waals surface area contributed by atoms with Crippen molar-refractivity contribution in [1.29, 1.82) is 0 Å². The fourth-order valence-corrected chi connectivity index (χ4v) is 1.76. The Morgan fingerprint density at radius 2 is 1.85 bits per heavy atom. The van der Waals surface area contributed by atoms with Gasteiger partial charge >= 0.3 is 0 Å². The van der Waals surface area contributed by atoms with E-state index in [1.165, 1.54) is 11.1 Å². The van der Waals surface area contributed by atoms with Crippen molar-refractivity contribution >= 4 is 15.9 Å². The lowest BCUT2D eigenvalue weighted by atomic mass is 10.1. The van der Waals surface area contributed by atoms with Crippen LogP contribution in [0.2, 0.25) is 0 Å². The number of hydrogen-bond donors (Lipinski definition) is 2. The maximum absolute atomic E-state index is 3.47. The van der Waals surface area contributed by atoms with E-state index in [1.54, 1.807) is 0 Å². The zero-order chi connectivity index (χ0) is 9.84. The highest BCUT2D eigenvalue weighted by molar-refractivity contribution is 9.10. The molecule has 0 heterocycles. The third kappa shape index (κ3) is 2.53. The van der Waals surface area contributed by atoms with Crippen LogP contribution in [0.3, 0.4) is 0 Å². The van der Waals surface area contributed by atoms with E-state index in [2.05, 4.69) is 51.7 Å². The van der Waals surface area contributed by atoms with E-state index >= 15 is 0 Å². The summed E-state index contributed by atoms with van der Waals surface area (Å²) in [5.74, 6) is 0. The normalized spacial score (nSPS) is 10.8. The molecule has 0 amide bonds. The molecule has 0 spiro atoms. The SMILES string of the molecule is CNC(NC)c1cc(Br)ccc1C. The number of halogens is 1. The van der Waals surface area contributed by atoms with Crippen LogP contribution in [-0.2, 0) is 0 Å². The van der Waals surface area contributed by atoms with Gasteiger partial charge in [0.15, 0.2) is 0 Å². The number of benzene rings is 1. The molecule has 0 atom stereocenters. The molecular formula is C10H15BrN2. The third-order valence-electron chi connectivity index (χ3n) is 2.13. The molecule has 2 N–H and O–H groups in total. The van der Waals surface area contributed by atoms with E-state index in [1.807, 2.05) is 14.1 Å². The molecule has 72 valence electrons. The zero-order valence-electron chi connectivity index (χ0n) is 8.19. The minimum Gasteiger partial charge on any atom is -0.301 e. The van der Waals surface area contributed by atoms with E-state index in [4.69, 9.17) is 0 Å². The highest BCUT2D eigenvalue weighted by Crippen LogP contribution is 2.20. The summed E-state index contributed by atoms with van der Waals surface area (Å²) in [5.41, 5.74) is 2.57. The summed E-state index contributed by atoms with van der Waals surface area (Å²) in [4.78, 5) is 0. The monoisotopic (exact) mass is 242 g/mol. The second-order valence-electron chi connectivity index (χ2n) is 3.01. The van der Waals surface area contributed by atoms with Crippen molar-refractivity contribution < 1.29 is 0 Å². The minimum atomic E-state index is 0.220. The summed E-state index contributed by atoms with van der Waals surface area (Å²) in [7, 11) is 3.89. The Bertz CT molecular complexity index is 282. The van der Waals surface area contributed by atoms with Gasteiger partial charge in [-0.2, -0.15) is 0 Å². The molecule has 0 aliphatic rings. The highest BCUT2D eigenvalue weighted by Gasteiger charge is 2.08. The van der Waals surface area contributed by atoms with E-state index < -0.39 is 0 Å². The lowest BCUT2D eigenvalue weighted by Crippen LogP contribution is -2.29. The van der Waals surface area contributed by atoms with Crippen LogP contribution in [0, 0.1) is 6.92 Å². The van der Waals surface area contributed by atoms with Gasteiger partial charge in [-0.25, -0.2) is 0 Å². The van der Waals surface area contributed by atoms with Crippen molar-refractivity contribution in [3.8, 4) is 0 Å². The molecule has 2 nitrogen and oxygen atoms in total. The van der Waals surface area contributed by atoms with Crippen molar-refractivity contribution in [2.24, 2.45) is 0 Å². The Morgan fingerprint density at radius 1 is 1.23 bits per heavy atom. The molecule has 1 aromatic carbocycles. The van der Waals surface area contributed by atoms with Crippen LogP contribution in [0.1, 0.15) is 17.3 Å². The predicted molar refractivity (Wildman–Crippen MR) is 59.7 cm³/mol. The molecule has 13 heavy (non-hydrogen) atoms. The molecule has 0 aromatic heterocycles. The van der Waals surface area contributed by atoms with Gasteiger partial charge in [0.2, 0.25) is 0 Å². The number of nitrogens with one attached hydrogen (secondary N) is 2. The van der Waals surface area contributed by atoms with Gasteiger partial charge in [0.25, 0.3) is 0 Å². The van der Waals surface area contributed by atoms with Gasteiger partial charge < -0.3 is 10.6 Å². The number of hydrogen-bond acceptors (Lipinski definition) is 2. The molecule has 1 aromatic rings. The molecule has 1 rings (SSSR count). The second kappa shape index (κ2) is 4.74. The van der Waals surface area contributed by atoms with Gasteiger partial charge in [-0.1, -0.05) is 22.0 Å². The zero-order valence-corrected chi connectivity index (χ0v) is 9.77. The summed E-state index contributed by atoms with van der Waals surface area (Å²) in [6, 6.07) is 6.30. The van der Waals surface area contributed by atoms with Crippen LogP contribution in [-0.4, -0.2) is 14.1 Å². The first-order chi connectivity index (χ1) is 6.19. The molecular weight excluding hydrogens is 228 g/mol.